The van der Waals surface area contributed by atoms with Crippen LogP contribution in [0.5, 0.6) is 0 Å². The summed E-state index contributed by atoms with van der Waals surface area (Å²) in [6, 6.07) is 7.12. The molecule has 0 aromatic heterocycles. The predicted molar refractivity (Wildman–Crippen MR) is 93.3 cm³/mol. The molecule has 1 saturated carbocycles. The minimum atomic E-state index is 0.215. The zero-order valence-electron chi connectivity index (χ0n) is 13.4. The van der Waals surface area contributed by atoms with Crippen LogP contribution < -0.4 is 10.6 Å². The third kappa shape index (κ3) is 4.14. The van der Waals surface area contributed by atoms with Crippen molar-refractivity contribution >= 4 is 17.3 Å². The molecule has 0 spiro atoms. The van der Waals surface area contributed by atoms with Gasteiger partial charge in [0.25, 0.3) is 0 Å². The third-order valence-electron chi connectivity index (χ3n) is 4.72. The summed E-state index contributed by atoms with van der Waals surface area (Å²) in [5.74, 6) is 0. The van der Waals surface area contributed by atoms with Crippen molar-refractivity contribution in [1.82, 2.24) is 0 Å². The van der Waals surface area contributed by atoms with Gasteiger partial charge in [-0.15, -0.1) is 0 Å². The summed E-state index contributed by atoms with van der Waals surface area (Å²) in [5, 5.41) is 0.878. The first-order chi connectivity index (χ1) is 10.2. The van der Waals surface area contributed by atoms with Crippen molar-refractivity contribution in [1.29, 1.82) is 0 Å². The molecule has 0 amide bonds. The molecule has 0 saturated heterocycles. The summed E-state index contributed by atoms with van der Waals surface area (Å²) in [5.41, 5.74) is 8.73. The monoisotopic (exact) mass is 308 g/mol. The van der Waals surface area contributed by atoms with Crippen LogP contribution in [0.3, 0.4) is 0 Å². The summed E-state index contributed by atoms with van der Waals surface area (Å²) >= 11 is 6.57. The average Bonchev–Trinajstić information content (AvgIpc) is 2.51. The van der Waals surface area contributed by atoms with Crippen LogP contribution in [0.25, 0.3) is 0 Å². The highest BCUT2D eigenvalue weighted by Gasteiger charge is 2.24. The third-order valence-corrected chi connectivity index (χ3v) is 5.03. The van der Waals surface area contributed by atoms with E-state index in [0.29, 0.717) is 6.04 Å². The lowest BCUT2D eigenvalue weighted by molar-refractivity contribution is 0.417. The Hall–Kier alpha value is -0.730. The Morgan fingerprint density at radius 3 is 2.57 bits per heavy atom. The van der Waals surface area contributed by atoms with Gasteiger partial charge in [0.2, 0.25) is 0 Å². The van der Waals surface area contributed by atoms with Gasteiger partial charge in [0.1, 0.15) is 0 Å². The van der Waals surface area contributed by atoms with Crippen molar-refractivity contribution in [2.75, 3.05) is 11.4 Å². The van der Waals surface area contributed by atoms with Gasteiger partial charge >= 0.3 is 0 Å². The van der Waals surface area contributed by atoms with Crippen LogP contribution >= 0.6 is 11.6 Å². The van der Waals surface area contributed by atoms with E-state index in [1.54, 1.807) is 0 Å². The molecule has 1 unspecified atom stereocenters. The van der Waals surface area contributed by atoms with Gasteiger partial charge < -0.3 is 10.6 Å². The largest absolute Gasteiger partial charge is 0.367 e. The van der Waals surface area contributed by atoms with Crippen LogP contribution in [0, 0.1) is 0 Å². The first-order valence-corrected chi connectivity index (χ1v) is 8.84. The number of rotatable bonds is 6. The van der Waals surface area contributed by atoms with Gasteiger partial charge in [-0.2, -0.15) is 0 Å². The summed E-state index contributed by atoms with van der Waals surface area (Å²) in [7, 11) is 0. The van der Waals surface area contributed by atoms with Crippen molar-refractivity contribution < 1.29 is 0 Å². The molecule has 2 rings (SSSR count). The number of hydrogen-bond donors (Lipinski definition) is 1. The highest BCUT2D eigenvalue weighted by molar-refractivity contribution is 6.33. The van der Waals surface area contributed by atoms with Crippen LogP contribution in [0.1, 0.15) is 57.9 Å². The molecule has 0 aliphatic heterocycles. The lowest BCUT2D eigenvalue weighted by Crippen LogP contribution is -2.38. The van der Waals surface area contributed by atoms with E-state index >= 15 is 0 Å². The Morgan fingerprint density at radius 1 is 1.24 bits per heavy atom. The van der Waals surface area contributed by atoms with E-state index in [-0.39, 0.29) is 6.04 Å². The number of para-hydroxylation sites is 1. The van der Waals surface area contributed by atoms with Gasteiger partial charge in [0.15, 0.2) is 0 Å². The fraction of sp³-hybridized carbons (Fsp3) is 0.667. The quantitative estimate of drug-likeness (QED) is 0.819. The maximum Gasteiger partial charge on any atom is 0.0642 e. The average molecular weight is 309 g/mol. The van der Waals surface area contributed by atoms with Crippen LogP contribution in [-0.4, -0.2) is 18.6 Å². The van der Waals surface area contributed by atoms with Crippen LogP contribution in [0.4, 0.5) is 5.69 Å². The van der Waals surface area contributed by atoms with Crippen molar-refractivity contribution in [3.05, 3.63) is 28.8 Å². The predicted octanol–water partition coefficient (Wildman–Crippen LogP) is 4.78. The molecule has 1 aromatic carbocycles. The first-order valence-electron chi connectivity index (χ1n) is 8.47. The fourth-order valence-corrected chi connectivity index (χ4v) is 3.77. The minimum absolute atomic E-state index is 0.215. The summed E-state index contributed by atoms with van der Waals surface area (Å²) in [4.78, 5) is 2.53. The molecule has 0 radical (unpaired) electrons. The number of benzene rings is 1. The zero-order valence-corrected chi connectivity index (χ0v) is 14.2. The Bertz CT molecular complexity index is 441. The van der Waals surface area contributed by atoms with Crippen LogP contribution in [-0.2, 0) is 6.42 Å². The van der Waals surface area contributed by atoms with Gasteiger partial charge in [0, 0.05) is 18.6 Å². The Morgan fingerprint density at radius 2 is 1.95 bits per heavy atom. The molecule has 0 heterocycles. The lowest BCUT2D eigenvalue weighted by atomic mass is 9.92. The Labute approximate surface area is 134 Å². The van der Waals surface area contributed by atoms with E-state index in [4.69, 9.17) is 17.3 Å². The fourth-order valence-electron chi connectivity index (χ4n) is 3.46. The topological polar surface area (TPSA) is 29.3 Å². The second kappa shape index (κ2) is 8.05. The number of anilines is 1. The number of hydrogen-bond acceptors (Lipinski definition) is 2. The van der Waals surface area contributed by atoms with E-state index in [2.05, 4.69) is 30.9 Å². The molecule has 21 heavy (non-hydrogen) atoms. The second-order valence-corrected chi connectivity index (χ2v) is 6.61. The van der Waals surface area contributed by atoms with E-state index in [0.717, 1.165) is 24.4 Å². The van der Waals surface area contributed by atoms with Gasteiger partial charge in [-0.25, -0.2) is 0 Å². The van der Waals surface area contributed by atoms with E-state index in [1.807, 2.05) is 6.07 Å². The van der Waals surface area contributed by atoms with E-state index in [9.17, 15) is 0 Å². The first kappa shape index (κ1) is 16.6. The van der Waals surface area contributed by atoms with E-state index in [1.165, 1.54) is 43.4 Å². The normalized spacial score (nSPS) is 17.7. The van der Waals surface area contributed by atoms with Crippen LogP contribution in [0.2, 0.25) is 5.02 Å². The second-order valence-electron chi connectivity index (χ2n) is 6.20. The van der Waals surface area contributed by atoms with Crippen LogP contribution in [0.15, 0.2) is 18.2 Å². The summed E-state index contributed by atoms with van der Waals surface area (Å²) < 4.78 is 0. The SMILES string of the molecule is CCC(N)Cc1cccc(Cl)c1N(CC)C1CCCCC1. The van der Waals surface area contributed by atoms with Crippen molar-refractivity contribution in [3.63, 3.8) is 0 Å². The van der Waals surface area contributed by atoms with Crippen molar-refractivity contribution in [3.8, 4) is 0 Å². The Balaban J connectivity index is 2.30. The Kier molecular flexibility index (Phi) is 6.38. The molecule has 1 aliphatic carbocycles. The highest BCUT2D eigenvalue weighted by Crippen LogP contribution is 2.35. The number of nitrogens with two attached hydrogens (primary N) is 1. The van der Waals surface area contributed by atoms with Gasteiger partial charge in [-0.1, -0.05) is 49.9 Å². The summed E-state index contributed by atoms with van der Waals surface area (Å²) in [6.45, 7) is 5.40. The zero-order chi connectivity index (χ0) is 15.2. The molecular formula is C18H29ClN2. The summed E-state index contributed by atoms with van der Waals surface area (Å²) in [6.07, 6.45) is 8.56. The van der Waals surface area contributed by atoms with Crippen molar-refractivity contribution in [2.45, 2.75) is 70.9 Å². The van der Waals surface area contributed by atoms with Gasteiger partial charge in [-0.05, 0) is 44.2 Å². The highest BCUT2D eigenvalue weighted by atomic mass is 35.5. The molecule has 1 aliphatic rings. The van der Waals surface area contributed by atoms with Gasteiger partial charge in [0.05, 0.1) is 10.7 Å². The molecule has 2 nitrogen and oxygen atoms in total. The minimum Gasteiger partial charge on any atom is -0.367 e. The molecule has 3 heteroatoms. The van der Waals surface area contributed by atoms with Crippen molar-refractivity contribution in [2.24, 2.45) is 5.73 Å². The molecular weight excluding hydrogens is 280 g/mol. The number of nitrogens with zero attached hydrogens (tertiary/aromatic N) is 1. The standard InChI is InChI=1S/C18H29ClN2/c1-3-15(20)13-14-9-8-12-17(19)18(14)21(4-2)16-10-6-5-7-11-16/h8-9,12,15-16H,3-7,10-11,13,20H2,1-2H3. The maximum absolute atomic E-state index is 6.57. The van der Waals surface area contributed by atoms with E-state index < -0.39 is 0 Å². The number of halogens is 1. The van der Waals surface area contributed by atoms with Gasteiger partial charge in [-0.3, -0.25) is 0 Å². The molecule has 1 atom stereocenters. The maximum atomic E-state index is 6.57. The molecule has 0 bridgehead atoms. The molecule has 1 fully saturated rings. The molecule has 118 valence electrons. The molecule has 1 aromatic rings. The smallest absolute Gasteiger partial charge is 0.0642 e. The lowest BCUT2D eigenvalue weighted by Gasteiger charge is -2.37. The molecule has 2 N–H and O–H groups in total.